The zero-order valence-electron chi connectivity index (χ0n) is 75.3. The highest BCUT2D eigenvalue weighted by Crippen LogP contribution is 2.46. The summed E-state index contributed by atoms with van der Waals surface area (Å²) < 4.78 is 0. The predicted molar refractivity (Wildman–Crippen MR) is 490 cm³/mol. The van der Waals surface area contributed by atoms with E-state index in [1.165, 1.54) is 94.1 Å². The maximum atomic E-state index is 15.7. The molecule has 0 radical (unpaired) electrons. The molecule has 0 aliphatic carbocycles. The molecule has 8 fully saturated rings. The summed E-state index contributed by atoms with van der Waals surface area (Å²) in [5.74, 6) is -34.0. The molecule has 8 heterocycles. The van der Waals surface area contributed by atoms with E-state index in [-0.39, 0.29) is 84.6 Å². The summed E-state index contributed by atoms with van der Waals surface area (Å²) in [5, 5.41) is 84.8. The first-order valence-electron chi connectivity index (χ1n) is 44.0. The van der Waals surface area contributed by atoms with Gasteiger partial charge in [-0.3, -0.25) is 105 Å². The van der Waals surface area contributed by atoms with Gasteiger partial charge >= 0.3 is 23.9 Å². The quantitative estimate of drug-likeness (QED) is 0.0440. The number of nitrogens with zero attached hydrogens (tertiary/aromatic N) is 3. The Morgan fingerprint density at radius 3 is 1.50 bits per heavy atom. The van der Waals surface area contributed by atoms with E-state index in [2.05, 4.69) is 69.1 Å². The zero-order chi connectivity index (χ0) is 100. The molecule has 8 aliphatic heterocycles. The Hall–Kier alpha value is -13.7. The van der Waals surface area contributed by atoms with Crippen molar-refractivity contribution in [1.29, 1.82) is 0 Å². The standard InChI is InChI=1S/C89H112N18O27S3/c1-43-34-135-37-65(110)105-32-49-33-106-41-89(40-105)31-63(49)107(42-89)67(112)39-136-35-61(73(91)119)101-86(132)72(88(3,4)5)104-83(129)60(30-70(117)118)100-78(124)55(25-46-18-20-50(108)21-19-46)95-77(123)54(24-45-12-7-6-8-13-45)96-81(127)59(29-69(115)116)99-79(125)57-27-52(87(133)134)71(85(131)102-62(84(130)98-57)36-137-38-66(106)111)103-82(128)56(26-48-16-11-15-47-14-9-10-17-51(47)48)97-76(122)53(22-23-68(113)114)93-80(126)58(28-64(90)109)94-75(121)44(2)92-74(43)120/h6-21,43-44,49,52-63,71-72,108H,22-42H2,1-5H3,(H2,90,109)(H2,91,119)(H,92,120)(H,93,126)(H,94,121)(H,95,123)(H,96,127)(H,97,122)(H,98,130)(H,99,125)(H,100,124)(H,101,132)(H,102,131)(H,103,128)(H,104,129)(H,113,114)(H,115,116)(H,117,118)(H,133,134)/t43-,44+,49?,52-,53-,54-,55-,56-,57-,58-,59-,60?,61-,62-,63?,71+,72+,89?/m0/s1. The summed E-state index contributed by atoms with van der Waals surface area (Å²) in [6.45, 7) is 6.72. The van der Waals surface area contributed by atoms with Crippen LogP contribution in [-0.2, 0) is 125 Å². The van der Waals surface area contributed by atoms with Gasteiger partial charge in [0.05, 0.1) is 42.4 Å². The van der Waals surface area contributed by atoms with Crippen molar-refractivity contribution < 1.29 is 131 Å². The summed E-state index contributed by atoms with van der Waals surface area (Å²) in [4.78, 5) is 322. The molecule has 12 rings (SSSR count). The van der Waals surface area contributed by atoms with Crippen LogP contribution in [0.2, 0.25) is 0 Å². The molecule has 1 spiro atoms. The maximum absolute atomic E-state index is 15.7. The molecular weight excluding hydrogens is 1850 g/mol. The van der Waals surface area contributed by atoms with Crippen LogP contribution in [0.15, 0.2) is 97.1 Å². The predicted octanol–water partition coefficient (Wildman–Crippen LogP) is -5.03. The summed E-state index contributed by atoms with van der Waals surface area (Å²) in [6, 6.07) is -2.54. The first-order valence-corrected chi connectivity index (χ1v) is 47.5. The van der Waals surface area contributed by atoms with E-state index in [1.54, 1.807) is 52.3 Å². The number of hydrogen-bond donors (Lipinski definition) is 20. The largest absolute Gasteiger partial charge is 0.508 e. The van der Waals surface area contributed by atoms with E-state index in [9.17, 15) is 92.7 Å². The number of carbonyl (C=O) groups is 22. The van der Waals surface area contributed by atoms with Gasteiger partial charge in [0.1, 0.15) is 84.3 Å². The van der Waals surface area contributed by atoms with Crippen molar-refractivity contribution >= 4 is 176 Å². The van der Waals surface area contributed by atoms with Gasteiger partial charge in [0.15, 0.2) is 0 Å². The van der Waals surface area contributed by atoms with Crippen molar-refractivity contribution in [3.8, 4) is 5.75 Å². The number of primary amides is 2. The lowest BCUT2D eigenvalue weighted by Crippen LogP contribution is -2.62. The van der Waals surface area contributed by atoms with Crippen LogP contribution in [0.1, 0.15) is 96.3 Å². The number of fused-ring (bicyclic) bond motifs is 40. The van der Waals surface area contributed by atoms with Crippen molar-refractivity contribution in [2.45, 2.75) is 183 Å². The first-order chi connectivity index (χ1) is 64.7. The van der Waals surface area contributed by atoms with Crippen LogP contribution in [0.3, 0.4) is 0 Å². The molecule has 18 amide bonds. The summed E-state index contributed by atoms with van der Waals surface area (Å²) in [5.41, 5.74) is 9.82. The van der Waals surface area contributed by atoms with Gasteiger partial charge in [0.2, 0.25) is 106 Å². The van der Waals surface area contributed by atoms with Crippen molar-refractivity contribution in [2.75, 3.05) is 67.2 Å². The van der Waals surface area contributed by atoms with Crippen LogP contribution < -0.4 is 80.6 Å². The Balaban J connectivity index is 1.09. The van der Waals surface area contributed by atoms with Crippen LogP contribution in [-0.4, -0.2) is 322 Å². The van der Waals surface area contributed by atoms with Crippen molar-refractivity contribution in [3.05, 3.63) is 114 Å². The zero-order valence-corrected chi connectivity index (χ0v) is 77.8. The van der Waals surface area contributed by atoms with E-state index >= 15 is 38.4 Å². The molecule has 22 N–H and O–H groups in total. The molecule has 4 aromatic carbocycles. The van der Waals surface area contributed by atoms with Gasteiger partial charge in [-0.2, -0.15) is 11.8 Å². The summed E-state index contributed by atoms with van der Waals surface area (Å²) in [7, 11) is 0. The third-order valence-electron chi connectivity index (χ3n) is 24.2. The lowest BCUT2D eigenvalue weighted by molar-refractivity contribution is -0.147. The number of nitrogens with two attached hydrogens (primary N) is 2. The number of amides is 18. The molecule has 48 heteroatoms. The Kier molecular flexibility index (Phi) is 36.3. The van der Waals surface area contributed by atoms with Crippen LogP contribution in [0, 0.1) is 28.6 Å². The second-order valence-corrected chi connectivity index (χ2v) is 39.1. The summed E-state index contributed by atoms with van der Waals surface area (Å²) >= 11 is 2.66. The average molecular weight is 1960 g/mol. The number of phenolic OH excluding ortho intramolecular Hbond substituents is 1. The van der Waals surface area contributed by atoms with Gasteiger partial charge in [0.25, 0.3) is 0 Å². The Morgan fingerprint density at radius 1 is 0.445 bits per heavy atom. The number of carboxylic acid groups (broad SMARTS) is 4. The highest BCUT2D eigenvalue weighted by atomic mass is 32.2. The highest BCUT2D eigenvalue weighted by Gasteiger charge is 2.57. The monoisotopic (exact) mass is 1960 g/mol. The molecule has 4 unspecified atom stereocenters. The second kappa shape index (κ2) is 47.2. The summed E-state index contributed by atoms with van der Waals surface area (Å²) in [6.07, 6.45) is -7.98. The molecular formula is C89H112N18O27S3. The number of nitrogens with one attached hydrogen (secondary N) is 13. The molecule has 8 saturated heterocycles. The number of phenols is 1. The minimum Gasteiger partial charge on any atom is -0.508 e. The minimum absolute atomic E-state index is 0.0242. The molecule has 137 heavy (non-hydrogen) atoms. The van der Waals surface area contributed by atoms with Gasteiger partial charge in [0, 0.05) is 99.0 Å². The van der Waals surface area contributed by atoms with Gasteiger partial charge in [-0.05, 0) is 71.2 Å². The molecule has 8 aliphatic rings. The van der Waals surface area contributed by atoms with Gasteiger partial charge < -0.3 is 121 Å². The van der Waals surface area contributed by atoms with E-state index < -0.39 is 313 Å². The van der Waals surface area contributed by atoms with E-state index in [4.69, 9.17) is 11.5 Å². The van der Waals surface area contributed by atoms with Crippen LogP contribution >= 0.6 is 35.3 Å². The van der Waals surface area contributed by atoms with Crippen LogP contribution in [0.4, 0.5) is 0 Å². The Bertz CT molecular complexity index is 5320. The van der Waals surface area contributed by atoms with E-state index in [0.717, 1.165) is 35.3 Å². The minimum atomic E-state index is -2.49. The SMILES string of the molecule is C[C@H]1CSCC(=O)N2CC3CN4CC5(CC3N(C5)C(=O)CSC[C@@H](C(N)=O)NC(=O)[C@H](C(C)(C)C)NC(=O)C(CC(=O)O)NC(=O)[C@H](Cc3ccc(O)cc3)NC(=O)[C@H](Cc3ccccc3)NC(=O)[C@H](CC(=O)O)NC(=O)[C@@H]3C[C@H](C(=O)O)[C@@H](NC(=O)[C@H](Cc5cccc6ccccc56)NC(=O)[C@H](CCC(=O)O)NC(=O)[C@H](CC(N)=O)NC(=O)[C@@H](C)NC1=O)C(=O)N[C@@H](CSCC4=O)C(=O)N3)C2. The number of benzene rings is 4. The average Bonchev–Trinajstić information content (AvgIpc) is 1.58. The number of aromatic hydroxyl groups is 1. The Labute approximate surface area is 797 Å². The number of aliphatic carboxylic acids is 4. The number of thioether (sulfide) groups is 3. The van der Waals surface area contributed by atoms with Crippen LogP contribution in [0.25, 0.3) is 10.8 Å². The third kappa shape index (κ3) is 29.2. The van der Waals surface area contributed by atoms with Crippen molar-refractivity contribution in [1.82, 2.24) is 83.8 Å². The molecule has 18 atom stereocenters. The lowest BCUT2D eigenvalue weighted by Gasteiger charge is -2.45. The molecule has 9 bridgehead atoms. The number of rotatable bonds is 17. The number of carboxylic acids is 4. The second-order valence-electron chi connectivity index (χ2n) is 36.0. The third-order valence-corrected chi connectivity index (χ3v) is 27.5. The van der Waals surface area contributed by atoms with E-state index in [1.807, 2.05) is 0 Å². The molecule has 45 nitrogen and oxygen atoms in total. The fourth-order valence-electron chi connectivity index (χ4n) is 17.1. The van der Waals surface area contributed by atoms with Crippen molar-refractivity contribution in [3.63, 3.8) is 0 Å². The highest BCUT2D eigenvalue weighted by molar-refractivity contribution is 8.00. The fourth-order valence-corrected chi connectivity index (χ4v) is 20.0. The normalized spacial score (nSPS) is 28.2. The molecule has 738 valence electrons. The van der Waals surface area contributed by atoms with Gasteiger partial charge in [-0.25, -0.2) is 0 Å². The lowest BCUT2D eigenvalue weighted by atomic mass is 9.85. The van der Waals surface area contributed by atoms with Gasteiger partial charge in [-0.1, -0.05) is 113 Å². The topological polar surface area (TPSA) is 695 Å². The molecule has 0 saturated carbocycles. The number of carbonyl (C=O) groups excluding carboxylic acids is 18. The maximum Gasteiger partial charge on any atom is 0.309 e. The van der Waals surface area contributed by atoms with Crippen LogP contribution in [0.5, 0.6) is 5.75 Å². The first kappa shape index (κ1) is 105. The molecule has 0 aromatic heterocycles. The Morgan fingerprint density at radius 2 is 0.927 bits per heavy atom. The molecule has 4 aromatic rings. The van der Waals surface area contributed by atoms with E-state index in [0.29, 0.717) is 10.8 Å². The number of hydrogen-bond acceptors (Lipinski definition) is 26. The fraction of sp³-hybridized carbons (Fsp3) is 0.506. The smallest absolute Gasteiger partial charge is 0.309 e. The van der Waals surface area contributed by atoms with Gasteiger partial charge in [-0.15, -0.1) is 23.5 Å². The van der Waals surface area contributed by atoms with Crippen molar-refractivity contribution in [2.24, 2.45) is 40.1 Å².